The molecule has 0 amide bonds. The number of halogens is 1. The second kappa shape index (κ2) is 4.73. The Morgan fingerprint density at radius 1 is 1.59 bits per heavy atom. The van der Waals surface area contributed by atoms with Gasteiger partial charge in [0.15, 0.2) is 0 Å². The molecule has 0 fully saturated rings. The van der Waals surface area contributed by atoms with Crippen LogP contribution in [0.15, 0.2) is 18.2 Å². The van der Waals surface area contributed by atoms with Crippen LogP contribution in [0, 0.1) is 5.82 Å². The van der Waals surface area contributed by atoms with Gasteiger partial charge in [-0.25, -0.2) is 9.18 Å². The lowest BCUT2D eigenvalue weighted by atomic mass is 9.99. The van der Waals surface area contributed by atoms with Crippen LogP contribution in [0.25, 0.3) is 0 Å². The number of aliphatic carboxylic acids is 1. The van der Waals surface area contributed by atoms with Crippen molar-refractivity contribution in [2.24, 2.45) is 0 Å². The minimum Gasteiger partial charge on any atom is -0.480 e. The van der Waals surface area contributed by atoms with Crippen LogP contribution in [-0.4, -0.2) is 23.7 Å². The zero-order chi connectivity index (χ0) is 12.4. The monoisotopic (exact) mass is 237 g/mol. The third kappa shape index (κ3) is 2.25. The molecule has 1 unspecified atom stereocenters. The number of rotatable bonds is 3. The summed E-state index contributed by atoms with van der Waals surface area (Å²) in [6, 6.07) is 4.08. The van der Waals surface area contributed by atoms with Gasteiger partial charge in [0.25, 0.3) is 0 Å². The van der Waals surface area contributed by atoms with Crippen LogP contribution < -0.4 is 4.90 Å². The Kier molecular flexibility index (Phi) is 3.31. The molecule has 0 saturated carbocycles. The van der Waals surface area contributed by atoms with Crippen LogP contribution in [0.4, 0.5) is 10.1 Å². The van der Waals surface area contributed by atoms with Crippen molar-refractivity contribution in [1.82, 2.24) is 0 Å². The van der Waals surface area contributed by atoms with Gasteiger partial charge in [0.1, 0.15) is 11.9 Å². The lowest BCUT2D eigenvalue weighted by Crippen LogP contribution is -2.43. The standard InChI is InChI=1S/C13H16FNO2/c1-2-11(13(16)17)15-7-3-4-9-8-10(14)5-6-12(9)15/h5-6,8,11H,2-4,7H2,1H3,(H,16,17). The molecule has 1 N–H and O–H groups in total. The maximum Gasteiger partial charge on any atom is 0.326 e. The topological polar surface area (TPSA) is 40.5 Å². The number of aryl methyl sites for hydroxylation is 1. The predicted octanol–water partition coefficient (Wildman–Crippen LogP) is 2.44. The first kappa shape index (κ1) is 11.9. The molecule has 0 aliphatic carbocycles. The van der Waals surface area contributed by atoms with E-state index in [0.717, 1.165) is 30.6 Å². The smallest absolute Gasteiger partial charge is 0.326 e. The first-order valence-electron chi connectivity index (χ1n) is 5.91. The first-order valence-corrected chi connectivity index (χ1v) is 5.91. The number of carboxylic acid groups (broad SMARTS) is 1. The molecule has 1 aliphatic heterocycles. The summed E-state index contributed by atoms with van der Waals surface area (Å²) in [5.74, 6) is -1.07. The molecule has 0 saturated heterocycles. The van der Waals surface area contributed by atoms with Gasteiger partial charge in [-0.3, -0.25) is 0 Å². The molecule has 0 bridgehead atoms. The van der Waals surface area contributed by atoms with E-state index in [1.165, 1.54) is 12.1 Å². The molecule has 2 rings (SSSR count). The van der Waals surface area contributed by atoms with Crippen LogP contribution in [-0.2, 0) is 11.2 Å². The Bertz CT molecular complexity index is 433. The third-order valence-corrected chi connectivity index (χ3v) is 3.24. The van der Waals surface area contributed by atoms with Crippen molar-refractivity contribution < 1.29 is 14.3 Å². The number of nitrogens with zero attached hydrogens (tertiary/aromatic N) is 1. The summed E-state index contributed by atoms with van der Waals surface area (Å²) in [7, 11) is 0. The van der Waals surface area contributed by atoms with Crippen molar-refractivity contribution in [3.05, 3.63) is 29.6 Å². The van der Waals surface area contributed by atoms with Crippen LogP contribution in [0.3, 0.4) is 0 Å². The number of benzene rings is 1. The molecular weight excluding hydrogens is 221 g/mol. The van der Waals surface area contributed by atoms with E-state index in [1.807, 2.05) is 11.8 Å². The Morgan fingerprint density at radius 3 is 3.00 bits per heavy atom. The van der Waals surface area contributed by atoms with Crippen molar-refractivity contribution in [1.29, 1.82) is 0 Å². The molecule has 3 nitrogen and oxygen atoms in total. The molecular formula is C13H16FNO2. The van der Waals surface area contributed by atoms with Gasteiger partial charge in [0, 0.05) is 12.2 Å². The second-order valence-corrected chi connectivity index (χ2v) is 4.33. The van der Waals surface area contributed by atoms with E-state index in [9.17, 15) is 14.3 Å². The Morgan fingerprint density at radius 2 is 2.35 bits per heavy atom. The Hall–Kier alpha value is -1.58. The third-order valence-electron chi connectivity index (χ3n) is 3.24. The maximum absolute atomic E-state index is 13.1. The normalized spacial score (nSPS) is 16.5. The number of carbonyl (C=O) groups is 1. The zero-order valence-corrected chi connectivity index (χ0v) is 9.82. The lowest BCUT2D eigenvalue weighted by Gasteiger charge is -2.35. The van der Waals surface area contributed by atoms with Crippen molar-refractivity contribution in [2.75, 3.05) is 11.4 Å². The molecule has 92 valence electrons. The lowest BCUT2D eigenvalue weighted by molar-refractivity contribution is -0.138. The minimum atomic E-state index is -0.815. The summed E-state index contributed by atoms with van der Waals surface area (Å²) in [5.41, 5.74) is 1.78. The summed E-state index contributed by atoms with van der Waals surface area (Å²) in [5, 5.41) is 9.19. The number of fused-ring (bicyclic) bond motifs is 1. The van der Waals surface area contributed by atoms with Crippen molar-refractivity contribution >= 4 is 11.7 Å². The van der Waals surface area contributed by atoms with Crippen LogP contribution in [0.5, 0.6) is 0 Å². The Balaban J connectivity index is 2.37. The highest BCUT2D eigenvalue weighted by Crippen LogP contribution is 2.30. The van der Waals surface area contributed by atoms with Gasteiger partial charge in [-0.2, -0.15) is 0 Å². The average Bonchev–Trinajstić information content (AvgIpc) is 2.29. The fraction of sp³-hybridized carbons (Fsp3) is 0.462. The number of anilines is 1. The molecule has 4 heteroatoms. The van der Waals surface area contributed by atoms with Gasteiger partial charge in [-0.05, 0) is 43.0 Å². The largest absolute Gasteiger partial charge is 0.480 e. The van der Waals surface area contributed by atoms with Gasteiger partial charge in [-0.1, -0.05) is 6.92 Å². The number of carboxylic acids is 1. The van der Waals surface area contributed by atoms with E-state index >= 15 is 0 Å². The van der Waals surface area contributed by atoms with Crippen LogP contribution in [0.2, 0.25) is 0 Å². The maximum atomic E-state index is 13.1. The quantitative estimate of drug-likeness (QED) is 0.877. The van der Waals surface area contributed by atoms with Gasteiger partial charge in [-0.15, -0.1) is 0 Å². The summed E-state index contributed by atoms with van der Waals surface area (Å²) >= 11 is 0. The van der Waals surface area contributed by atoms with E-state index in [-0.39, 0.29) is 5.82 Å². The zero-order valence-electron chi connectivity index (χ0n) is 9.82. The van der Waals surface area contributed by atoms with Gasteiger partial charge < -0.3 is 10.0 Å². The summed E-state index contributed by atoms with van der Waals surface area (Å²) in [6.07, 6.45) is 2.24. The fourth-order valence-electron chi connectivity index (χ4n) is 2.45. The van der Waals surface area contributed by atoms with Gasteiger partial charge >= 0.3 is 5.97 Å². The highest BCUT2D eigenvalue weighted by Gasteiger charge is 2.27. The van der Waals surface area contributed by atoms with Crippen LogP contribution >= 0.6 is 0 Å². The predicted molar refractivity (Wildman–Crippen MR) is 63.8 cm³/mol. The molecule has 1 aromatic carbocycles. The summed E-state index contributed by atoms with van der Waals surface area (Å²) < 4.78 is 13.1. The van der Waals surface area contributed by atoms with Gasteiger partial charge in [0.2, 0.25) is 0 Å². The first-order chi connectivity index (χ1) is 8.13. The fourth-order valence-corrected chi connectivity index (χ4v) is 2.45. The molecule has 1 heterocycles. The molecule has 0 aromatic heterocycles. The van der Waals surface area contributed by atoms with Gasteiger partial charge in [0.05, 0.1) is 0 Å². The molecule has 0 spiro atoms. The number of hydrogen-bond acceptors (Lipinski definition) is 2. The highest BCUT2D eigenvalue weighted by molar-refractivity contribution is 5.79. The number of hydrogen-bond donors (Lipinski definition) is 1. The highest BCUT2D eigenvalue weighted by atomic mass is 19.1. The molecule has 1 aromatic rings. The molecule has 0 radical (unpaired) electrons. The van der Waals surface area contributed by atoms with Crippen molar-refractivity contribution in [3.8, 4) is 0 Å². The van der Waals surface area contributed by atoms with E-state index in [2.05, 4.69) is 0 Å². The average molecular weight is 237 g/mol. The molecule has 1 atom stereocenters. The van der Waals surface area contributed by atoms with E-state index in [0.29, 0.717) is 6.42 Å². The second-order valence-electron chi connectivity index (χ2n) is 4.33. The molecule has 1 aliphatic rings. The van der Waals surface area contributed by atoms with Crippen molar-refractivity contribution in [3.63, 3.8) is 0 Å². The van der Waals surface area contributed by atoms with Crippen molar-refractivity contribution in [2.45, 2.75) is 32.2 Å². The summed E-state index contributed by atoms with van der Waals surface area (Å²) in [6.45, 7) is 2.58. The van der Waals surface area contributed by atoms with E-state index < -0.39 is 12.0 Å². The van der Waals surface area contributed by atoms with E-state index in [1.54, 1.807) is 6.07 Å². The molecule has 17 heavy (non-hydrogen) atoms. The Labute approximate surface area is 99.9 Å². The van der Waals surface area contributed by atoms with Crippen LogP contribution in [0.1, 0.15) is 25.3 Å². The van der Waals surface area contributed by atoms with E-state index in [4.69, 9.17) is 0 Å². The summed E-state index contributed by atoms with van der Waals surface area (Å²) in [4.78, 5) is 13.1. The minimum absolute atomic E-state index is 0.256. The SMILES string of the molecule is CCC(C(=O)O)N1CCCc2cc(F)ccc21.